The maximum Gasteiger partial charge on any atom is 0.224 e. The number of aryl methyl sites for hydroxylation is 2. The highest BCUT2D eigenvalue weighted by atomic mass is 32.1. The molecule has 0 radical (unpaired) electrons. The summed E-state index contributed by atoms with van der Waals surface area (Å²) < 4.78 is 0. The molecule has 0 aromatic carbocycles. The zero-order valence-corrected chi connectivity index (χ0v) is 14.0. The van der Waals surface area contributed by atoms with Crippen LogP contribution in [0, 0.1) is 12.8 Å². The van der Waals surface area contributed by atoms with E-state index in [-0.39, 0.29) is 17.7 Å². The van der Waals surface area contributed by atoms with Crippen LogP contribution in [0.2, 0.25) is 0 Å². The Bertz CT molecular complexity index is 584. The van der Waals surface area contributed by atoms with E-state index in [4.69, 9.17) is 0 Å². The van der Waals surface area contributed by atoms with E-state index >= 15 is 0 Å². The van der Waals surface area contributed by atoms with Gasteiger partial charge in [0.15, 0.2) is 0 Å². The van der Waals surface area contributed by atoms with Gasteiger partial charge in [-0.25, -0.2) is 4.98 Å². The second-order valence-electron chi connectivity index (χ2n) is 6.33. The topological polar surface area (TPSA) is 62.3 Å². The Hall–Kier alpha value is -1.43. The van der Waals surface area contributed by atoms with Crippen molar-refractivity contribution in [3.63, 3.8) is 0 Å². The molecule has 0 saturated carbocycles. The lowest BCUT2D eigenvalue weighted by molar-refractivity contribution is -0.128. The molecule has 2 aliphatic rings. The van der Waals surface area contributed by atoms with Gasteiger partial charge >= 0.3 is 0 Å². The summed E-state index contributed by atoms with van der Waals surface area (Å²) in [5.74, 6) is 0.445. The number of nitrogens with one attached hydrogen (secondary N) is 1. The Morgan fingerprint density at radius 2 is 2.23 bits per heavy atom. The van der Waals surface area contributed by atoms with Crippen molar-refractivity contribution in [1.29, 1.82) is 0 Å². The molecular weight excluding hydrogens is 298 g/mol. The summed E-state index contributed by atoms with van der Waals surface area (Å²) in [5, 5.41) is 4.21. The minimum absolute atomic E-state index is 0.0517. The summed E-state index contributed by atoms with van der Waals surface area (Å²) in [6, 6.07) is 0. The van der Waals surface area contributed by atoms with Gasteiger partial charge in [0.2, 0.25) is 11.8 Å². The van der Waals surface area contributed by atoms with E-state index in [1.807, 2.05) is 6.92 Å². The van der Waals surface area contributed by atoms with Crippen LogP contribution < -0.4 is 5.32 Å². The number of thiazole rings is 1. The molecule has 1 N–H and O–H groups in total. The van der Waals surface area contributed by atoms with Crippen LogP contribution in [-0.2, 0) is 16.0 Å². The molecule has 1 fully saturated rings. The lowest BCUT2D eigenvalue weighted by atomic mass is 9.91. The molecule has 1 aromatic rings. The SMILES string of the molecule is CC(=O)N1CC[C@@H](C(=O)NC[C@H]2CCCc3sc(C)nc32)C1. The van der Waals surface area contributed by atoms with E-state index in [2.05, 4.69) is 10.3 Å². The molecular formula is C16H23N3O2S. The summed E-state index contributed by atoms with van der Waals surface area (Å²) in [4.78, 5) is 31.5. The number of fused-ring (bicyclic) bond motifs is 1. The van der Waals surface area contributed by atoms with Crippen LogP contribution in [-0.4, -0.2) is 41.3 Å². The predicted molar refractivity (Wildman–Crippen MR) is 85.9 cm³/mol. The van der Waals surface area contributed by atoms with Crippen molar-refractivity contribution in [1.82, 2.24) is 15.2 Å². The highest BCUT2D eigenvalue weighted by molar-refractivity contribution is 7.11. The molecule has 3 rings (SSSR count). The highest BCUT2D eigenvalue weighted by Gasteiger charge is 2.30. The van der Waals surface area contributed by atoms with Gasteiger partial charge < -0.3 is 10.2 Å². The third kappa shape index (κ3) is 3.16. The number of hydrogen-bond acceptors (Lipinski definition) is 4. The Balaban J connectivity index is 1.55. The first kappa shape index (κ1) is 15.5. The summed E-state index contributed by atoms with van der Waals surface area (Å²) in [6.45, 7) is 5.55. The molecule has 2 atom stereocenters. The Kier molecular flexibility index (Phi) is 4.47. The van der Waals surface area contributed by atoms with Crippen molar-refractivity contribution in [2.45, 2.75) is 45.4 Å². The summed E-state index contributed by atoms with van der Waals surface area (Å²) in [6.07, 6.45) is 4.18. The van der Waals surface area contributed by atoms with Gasteiger partial charge in [0.05, 0.1) is 16.6 Å². The van der Waals surface area contributed by atoms with Gasteiger partial charge in [-0.2, -0.15) is 0 Å². The normalized spacial score (nSPS) is 24.2. The minimum Gasteiger partial charge on any atom is -0.355 e. The Morgan fingerprint density at radius 1 is 1.41 bits per heavy atom. The van der Waals surface area contributed by atoms with Gasteiger partial charge in [-0.15, -0.1) is 11.3 Å². The van der Waals surface area contributed by atoms with E-state index in [1.54, 1.807) is 23.2 Å². The molecule has 2 amide bonds. The summed E-state index contributed by atoms with van der Waals surface area (Å²) in [5.41, 5.74) is 1.20. The van der Waals surface area contributed by atoms with Crippen LogP contribution >= 0.6 is 11.3 Å². The number of hydrogen-bond donors (Lipinski definition) is 1. The van der Waals surface area contributed by atoms with Gasteiger partial charge in [0.1, 0.15) is 0 Å². The van der Waals surface area contributed by atoms with Crippen LogP contribution in [0.25, 0.3) is 0 Å². The maximum absolute atomic E-state index is 12.3. The zero-order chi connectivity index (χ0) is 15.7. The smallest absolute Gasteiger partial charge is 0.224 e. The number of likely N-dealkylation sites (tertiary alicyclic amines) is 1. The highest BCUT2D eigenvalue weighted by Crippen LogP contribution is 2.34. The molecule has 6 heteroatoms. The quantitative estimate of drug-likeness (QED) is 0.924. The van der Waals surface area contributed by atoms with Crippen LogP contribution in [0.15, 0.2) is 0 Å². The number of aromatic nitrogens is 1. The predicted octanol–water partition coefficient (Wildman–Crippen LogP) is 1.86. The first-order valence-corrected chi connectivity index (χ1v) is 8.85. The minimum atomic E-state index is -0.0517. The molecule has 1 saturated heterocycles. The standard InChI is InChI=1S/C16H23N3O2S/c1-10-18-15-12(4-3-5-14(15)22-10)8-17-16(21)13-6-7-19(9-13)11(2)20/h12-13H,3-9H2,1-2H3,(H,17,21)/t12-,13-/m1/s1. The molecule has 2 heterocycles. The van der Waals surface area contributed by atoms with Crippen LogP contribution in [0.4, 0.5) is 0 Å². The van der Waals surface area contributed by atoms with Crippen molar-refractivity contribution in [2.75, 3.05) is 19.6 Å². The molecule has 1 aliphatic carbocycles. The molecule has 1 aliphatic heterocycles. The number of carbonyl (C=O) groups is 2. The Labute approximate surface area is 135 Å². The molecule has 1 aromatic heterocycles. The fourth-order valence-corrected chi connectivity index (χ4v) is 4.52. The van der Waals surface area contributed by atoms with E-state index in [0.29, 0.717) is 25.6 Å². The van der Waals surface area contributed by atoms with E-state index in [9.17, 15) is 9.59 Å². The first-order valence-electron chi connectivity index (χ1n) is 8.04. The molecule has 0 spiro atoms. The number of carbonyl (C=O) groups excluding carboxylic acids is 2. The van der Waals surface area contributed by atoms with Crippen molar-refractivity contribution in [2.24, 2.45) is 5.92 Å². The second kappa shape index (κ2) is 6.36. The molecule has 22 heavy (non-hydrogen) atoms. The van der Waals surface area contributed by atoms with Crippen molar-refractivity contribution in [3.8, 4) is 0 Å². The molecule has 5 nitrogen and oxygen atoms in total. The summed E-state index contributed by atoms with van der Waals surface area (Å²) >= 11 is 1.79. The largest absolute Gasteiger partial charge is 0.355 e. The van der Waals surface area contributed by atoms with Gasteiger partial charge in [0.25, 0.3) is 0 Å². The van der Waals surface area contributed by atoms with Crippen LogP contribution in [0.5, 0.6) is 0 Å². The fraction of sp³-hybridized carbons (Fsp3) is 0.688. The van der Waals surface area contributed by atoms with E-state index in [0.717, 1.165) is 24.3 Å². The van der Waals surface area contributed by atoms with Crippen molar-refractivity contribution in [3.05, 3.63) is 15.6 Å². The molecule has 0 unspecified atom stereocenters. The summed E-state index contributed by atoms with van der Waals surface area (Å²) in [7, 11) is 0. The van der Waals surface area contributed by atoms with Gasteiger partial charge in [0, 0.05) is 37.4 Å². The molecule has 120 valence electrons. The van der Waals surface area contributed by atoms with Crippen molar-refractivity contribution < 1.29 is 9.59 Å². The van der Waals surface area contributed by atoms with Gasteiger partial charge in [-0.1, -0.05) is 0 Å². The van der Waals surface area contributed by atoms with Crippen LogP contribution in [0.3, 0.4) is 0 Å². The van der Waals surface area contributed by atoms with Gasteiger partial charge in [-0.05, 0) is 32.6 Å². The number of nitrogens with zero attached hydrogens (tertiary/aromatic N) is 2. The monoisotopic (exact) mass is 321 g/mol. The second-order valence-corrected chi connectivity index (χ2v) is 7.61. The third-order valence-corrected chi connectivity index (χ3v) is 5.75. The number of amides is 2. The average Bonchev–Trinajstić information content (AvgIpc) is 3.10. The van der Waals surface area contributed by atoms with Crippen LogP contribution in [0.1, 0.15) is 47.7 Å². The lowest BCUT2D eigenvalue weighted by Crippen LogP contribution is -2.36. The molecule has 0 bridgehead atoms. The fourth-order valence-electron chi connectivity index (χ4n) is 3.46. The van der Waals surface area contributed by atoms with E-state index < -0.39 is 0 Å². The average molecular weight is 321 g/mol. The maximum atomic E-state index is 12.3. The van der Waals surface area contributed by atoms with E-state index in [1.165, 1.54) is 17.0 Å². The Morgan fingerprint density at radius 3 is 2.95 bits per heavy atom. The first-order chi connectivity index (χ1) is 10.5. The number of rotatable bonds is 3. The van der Waals surface area contributed by atoms with Gasteiger partial charge in [-0.3, -0.25) is 9.59 Å². The van der Waals surface area contributed by atoms with Crippen molar-refractivity contribution >= 4 is 23.2 Å². The lowest BCUT2D eigenvalue weighted by Gasteiger charge is -2.22. The third-order valence-electron chi connectivity index (χ3n) is 4.70. The zero-order valence-electron chi connectivity index (χ0n) is 13.2.